The smallest absolute Gasteiger partial charge is 0.303 e. The van der Waals surface area contributed by atoms with Crippen molar-refractivity contribution in [2.45, 2.75) is 0 Å². The van der Waals surface area contributed by atoms with E-state index in [0.717, 1.165) is 0 Å². The first kappa shape index (κ1) is 15.7. The molecular weight excluding hydrogens is 187 g/mol. The molecule has 0 bridgehead atoms. The molecule has 0 heterocycles. The van der Waals surface area contributed by atoms with Crippen molar-refractivity contribution in [1.82, 2.24) is 0 Å². The number of phosphoric acid groups is 1. The van der Waals surface area contributed by atoms with Crippen LogP contribution in [0.15, 0.2) is 0 Å². The third kappa shape index (κ3) is 126. The van der Waals surface area contributed by atoms with Gasteiger partial charge in [-0.25, -0.2) is 4.57 Å². The summed E-state index contributed by atoms with van der Waals surface area (Å²) in [6, 6.07) is 0. The van der Waals surface area contributed by atoms with Crippen LogP contribution in [0.4, 0.5) is 0 Å². The Bertz CT molecular complexity index is 57.8. The van der Waals surface area contributed by atoms with Crippen LogP contribution >= 0.6 is 7.82 Å². The number of rotatable bonds is 0. The van der Waals surface area contributed by atoms with Gasteiger partial charge in [-0.1, -0.05) is 0 Å². The van der Waals surface area contributed by atoms with Crippen molar-refractivity contribution in [3.63, 3.8) is 0 Å². The Hall–Kier alpha value is 1.27. The molecule has 0 aromatic rings. The average Bonchev–Trinajstić information content (AvgIpc) is 0.722. The Kier molecular flexibility index (Phi) is 12.1. The molecule has 0 spiro atoms. The van der Waals surface area contributed by atoms with E-state index in [2.05, 4.69) is 0 Å². The summed E-state index contributed by atoms with van der Waals surface area (Å²) in [5, 5.41) is 0. The van der Waals surface area contributed by atoms with Crippen molar-refractivity contribution in [3.05, 3.63) is 0 Å². The predicted octanol–water partition coefficient (Wildman–Crippen LogP) is -1.31. The van der Waals surface area contributed by atoms with Gasteiger partial charge in [-0.3, -0.25) is 0 Å². The van der Waals surface area contributed by atoms with Crippen LogP contribution in [-0.2, 0) is 24.0 Å². The number of hydrogen-bond acceptors (Lipinski definition) is 1. The summed E-state index contributed by atoms with van der Waals surface area (Å²) in [4.78, 5) is 21.6. The zero-order chi connectivity index (χ0) is 4.50. The van der Waals surface area contributed by atoms with Crippen molar-refractivity contribution in [3.8, 4) is 0 Å². The molecule has 0 atom stereocenters. The molecule has 7 heavy (non-hydrogen) atoms. The molecule has 4 nitrogen and oxygen atoms in total. The SMILES string of the molecule is O=P(O)(O)O.[Al+3].[Zn+2]. The topological polar surface area (TPSA) is 77.8 Å². The van der Waals surface area contributed by atoms with Gasteiger partial charge in [0.25, 0.3) is 0 Å². The molecule has 0 rings (SSSR count). The Balaban J connectivity index is -0.0000000800. The van der Waals surface area contributed by atoms with Crippen LogP contribution in [0.3, 0.4) is 0 Å². The fourth-order valence-corrected chi connectivity index (χ4v) is 0. The van der Waals surface area contributed by atoms with Gasteiger partial charge in [0.2, 0.25) is 0 Å². The van der Waals surface area contributed by atoms with Crippen LogP contribution < -0.4 is 0 Å². The monoisotopic (exact) mass is 189 g/mol. The first-order valence-corrected chi connectivity index (χ1v) is 2.35. The van der Waals surface area contributed by atoms with E-state index < -0.39 is 7.82 Å². The van der Waals surface area contributed by atoms with Crippen LogP contribution in [0.25, 0.3) is 0 Å². The minimum absolute atomic E-state index is 0. The van der Waals surface area contributed by atoms with Gasteiger partial charge in [0.05, 0.1) is 0 Å². The molecule has 0 aromatic heterocycles. The molecule has 0 unspecified atom stereocenters. The molecule has 7 heteroatoms. The summed E-state index contributed by atoms with van der Waals surface area (Å²) in [6.45, 7) is 0. The third-order valence-electron chi connectivity index (χ3n) is 0. The van der Waals surface area contributed by atoms with Gasteiger partial charge >= 0.3 is 44.7 Å². The van der Waals surface area contributed by atoms with Gasteiger partial charge in [0.15, 0.2) is 0 Å². The largest absolute Gasteiger partial charge is 3.00 e. The van der Waals surface area contributed by atoms with Crippen LogP contribution in [0.5, 0.6) is 0 Å². The molecule has 0 aromatic carbocycles. The quantitative estimate of drug-likeness (QED) is 0.327. The summed E-state index contributed by atoms with van der Waals surface area (Å²) >= 11 is 0. The van der Waals surface area contributed by atoms with Gasteiger partial charge < -0.3 is 14.7 Å². The maximum absolute atomic E-state index is 8.88. The summed E-state index contributed by atoms with van der Waals surface area (Å²) < 4.78 is 8.88. The van der Waals surface area contributed by atoms with Crippen molar-refractivity contribution in [2.75, 3.05) is 0 Å². The molecule has 0 aliphatic heterocycles. The van der Waals surface area contributed by atoms with E-state index in [1.54, 1.807) is 0 Å². The first-order chi connectivity index (χ1) is 2.00. The van der Waals surface area contributed by atoms with Crippen molar-refractivity contribution in [1.29, 1.82) is 0 Å². The molecule has 0 amide bonds. The second kappa shape index (κ2) is 5.40. The van der Waals surface area contributed by atoms with Crippen LogP contribution in [0.1, 0.15) is 0 Å². The Morgan fingerprint density at radius 3 is 1.14 bits per heavy atom. The first-order valence-electron chi connectivity index (χ1n) is 0.783. The Labute approximate surface area is 64.1 Å². The van der Waals surface area contributed by atoms with Gasteiger partial charge in [0.1, 0.15) is 0 Å². The second-order valence-corrected chi connectivity index (χ2v) is 1.54. The molecule has 0 saturated heterocycles. The zero-order valence-corrected chi connectivity index (χ0v) is 8.50. The van der Waals surface area contributed by atoms with E-state index in [1.165, 1.54) is 0 Å². The van der Waals surface area contributed by atoms with Gasteiger partial charge in [-0.05, 0) is 0 Å². The Morgan fingerprint density at radius 1 is 1.14 bits per heavy atom. The molecule has 32 valence electrons. The van der Waals surface area contributed by atoms with E-state index in [9.17, 15) is 0 Å². The molecule has 3 N–H and O–H groups in total. The van der Waals surface area contributed by atoms with Gasteiger partial charge in [-0.2, -0.15) is 0 Å². The zero-order valence-electron chi connectivity index (χ0n) is 3.48. The summed E-state index contributed by atoms with van der Waals surface area (Å²) in [7, 11) is -4.64. The average molecular weight is 190 g/mol. The van der Waals surface area contributed by atoms with E-state index in [0.29, 0.717) is 0 Å². The summed E-state index contributed by atoms with van der Waals surface area (Å²) in [6.07, 6.45) is 0. The number of hydrogen-bond donors (Lipinski definition) is 3. The van der Waals surface area contributed by atoms with Crippen LogP contribution in [0, 0.1) is 0 Å². The summed E-state index contributed by atoms with van der Waals surface area (Å²) in [5.41, 5.74) is 0. The van der Waals surface area contributed by atoms with E-state index >= 15 is 0 Å². The predicted molar refractivity (Wildman–Crippen MR) is 20.0 cm³/mol. The third-order valence-corrected chi connectivity index (χ3v) is 0. The normalized spacial score (nSPS) is 8.43. The fourth-order valence-electron chi connectivity index (χ4n) is 0. The maximum Gasteiger partial charge on any atom is 3.00 e. The van der Waals surface area contributed by atoms with Crippen molar-refractivity contribution in [2.24, 2.45) is 0 Å². The molecule has 0 fully saturated rings. The molecule has 0 aliphatic rings. The molecule has 0 aliphatic carbocycles. The maximum atomic E-state index is 8.88. The minimum atomic E-state index is -4.64. The van der Waals surface area contributed by atoms with Crippen molar-refractivity contribution < 1.29 is 38.7 Å². The van der Waals surface area contributed by atoms with E-state index in [-0.39, 0.29) is 36.8 Å². The fraction of sp³-hybridized carbons (Fsp3) is 0. The van der Waals surface area contributed by atoms with Crippen molar-refractivity contribution >= 4 is 25.2 Å². The van der Waals surface area contributed by atoms with Gasteiger partial charge in [-0.15, -0.1) is 0 Å². The van der Waals surface area contributed by atoms with E-state index in [4.69, 9.17) is 19.2 Å². The van der Waals surface area contributed by atoms with Gasteiger partial charge in [0, 0.05) is 0 Å². The second-order valence-electron chi connectivity index (χ2n) is 0.513. The molecule has 0 saturated carbocycles. The minimum Gasteiger partial charge on any atom is -0.303 e. The van der Waals surface area contributed by atoms with Crippen LogP contribution in [-0.4, -0.2) is 32.0 Å². The summed E-state index contributed by atoms with van der Waals surface area (Å²) in [5.74, 6) is 0. The van der Waals surface area contributed by atoms with E-state index in [1.807, 2.05) is 0 Å². The molecular formula is H3AlO4PZn+5. The molecule has 0 radical (unpaired) electrons. The Morgan fingerprint density at radius 2 is 1.14 bits per heavy atom. The van der Waals surface area contributed by atoms with Crippen LogP contribution in [0.2, 0.25) is 0 Å². The standard InChI is InChI=1S/Al.H3O4P.Zn/c;1-5(2,3)4;/h;(H3,1,2,3,4);/q+3;;+2.